The zero-order valence-electron chi connectivity index (χ0n) is 16.9. The molecule has 5 nitrogen and oxygen atoms in total. The van der Waals surface area contributed by atoms with E-state index in [0.717, 1.165) is 31.2 Å². The van der Waals surface area contributed by atoms with Gasteiger partial charge >= 0.3 is 0 Å². The predicted molar refractivity (Wildman–Crippen MR) is 119 cm³/mol. The molecule has 2 atom stereocenters. The van der Waals surface area contributed by atoms with Crippen LogP contribution in [0, 0.1) is 0 Å². The maximum atomic E-state index is 13.2. The SMILES string of the molecule is CCOCCCNC(=O)CN1C(=O)/C(=C\c2cccc(Cl)c2)SC2CCCCC21. The highest BCUT2D eigenvalue weighted by Gasteiger charge is 2.41. The van der Waals surface area contributed by atoms with Gasteiger partial charge in [0.05, 0.1) is 4.91 Å². The topological polar surface area (TPSA) is 58.6 Å². The quantitative estimate of drug-likeness (QED) is 0.492. The Morgan fingerprint density at radius 2 is 2.21 bits per heavy atom. The van der Waals surface area contributed by atoms with Crippen molar-refractivity contribution in [1.82, 2.24) is 10.2 Å². The lowest BCUT2D eigenvalue weighted by atomic mass is 9.93. The van der Waals surface area contributed by atoms with E-state index in [1.165, 1.54) is 6.42 Å². The molecule has 0 bridgehead atoms. The lowest BCUT2D eigenvalue weighted by Gasteiger charge is -2.43. The number of amides is 2. The molecule has 158 valence electrons. The first kappa shape index (κ1) is 22.2. The standard InChI is InChI=1S/C22H29ClN2O3S/c1-2-28-12-6-11-24-21(26)15-25-18-9-3-4-10-19(18)29-20(22(25)27)14-16-7-5-8-17(23)13-16/h5,7-8,13-14,18-19H,2-4,6,9-12,15H2,1H3,(H,24,26)/b20-14+. The van der Waals surface area contributed by atoms with Crippen LogP contribution in [0.25, 0.3) is 6.08 Å². The number of carbonyl (C=O) groups excluding carboxylic acids is 2. The van der Waals surface area contributed by atoms with Crippen molar-refractivity contribution in [3.8, 4) is 0 Å². The lowest BCUT2D eigenvalue weighted by molar-refractivity contribution is -0.135. The van der Waals surface area contributed by atoms with E-state index in [1.807, 2.05) is 37.3 Å². The maximum Gasteiger partial charge on any atom is 0.261 e. The largest absolute Gasteiger partial charge is 0.382 e. The number of hydrogen-bond acceptors (Lipinski definition) is 4. The summed E-state index contributed by atoms with van der Waals surface area (Å²) in [4.78, 5) is 28.2. The number of nitrogens with zero attached hydrogens (tertiary/aromatic N) is 1. The summed E-state index contributed by atoms with van der Waals surface area (Å²) in [6, 6.07) is 7.62. The van der Waals surface area contributed by atoms with Gasteiger partial charge in [0.2, 0.25) is 5.91 Å². The van der Waals surface area contributed by atoms with Crippen LogP contribution in [0.15, 0.2) is 29.2 Å². The van der Waals surface area contributed by atoms with E-state index >= 15 is 0 Å². The highest BCUT2D eigenvalue weighted by atomic mass is 35.5. The van der Waals surface area contributed by atoms with Crippen LogP contribution < -0.4 is 5.32 Å². The third-order valence-electron chi connectivity index (χ3n) is 5.27. The molecule has 0 radical (unpaired) electrons. The molecule has 1 saturated carbocycles. The van der Waals surface area contributed by atoms with Gasteiger partial charge in [-0.2, -0.15) is 0 Å². The van der Waals surface area contributed by atoms with Gasteiger partial charge in [-0.3, -0.25) is 9.59 Å². The van der Waals surface area contributed by atoms with E-state index in [2.05, 4.69) is 5.32 Å². The molecular formula is C22H29ClN2O3S. The fourth-order valence-corrected chi connectivity index (χ4v) is 5.54. The van der Waals surface area contributed by atoms with Gasteiger partial charge in [-0.25, -0.2) is 0 Å². The fraction of sp³-hybridized carbons (Fsp3) is 0.545. The van der Waals surface area contributed by atoms with Gasteiger partial charge in [-0.05, 0) is 50.0 Å². The van der Waals surface area contributed by atoms with Crippen LogP contribution in [0.3, 0.4) is 0 Å². The van der Waals surface area contributed by atoms with Gasteiger partial charge in [0, 0.05) is 36.1 Å². The second-order valence-electron chi connectivity index (χ2n) is 7.41. The number of thioether (sulfide) groups is 1. The molecule has 1 aromatic carbocycles. The van der Waals surface area contributed by atoms with Crippen LogP contribution in [0.5, 0.6) is 0 Å². The summed E-state index contributed by atoms with van der Waals surface area (Å²) < 4.78 is 5.30. The Morgan fingerprint density at radius 1 is 1.38 bits per heavy atom. The molecule has 3 rings (SSSR count). The first-order valence-corrected chi connectivity index (χ1v) is 11.6. The number of nitrogens with one attached hydrogen (secondary N) is 1. The van der Waals surface area contributed by atoms with Crippen LogP contribution in [0.4, 0.5) is 0 Å². The third-order valence-corrected chi connectivity index (χ3v) is 6.90. The molecular weight excluding hydrogens is 408 g/mol. The number of fused-ring (bicyclic) bond motifs is 1. The number of benzene rings is 1. The summed E-state index contributed by atoms with van der Waals surface area (Å²) in [5, 5.41) is 3.91. The molecule has 2 amide bonds. The molecule has 2 fully saturated rings. The van der Waals surface area contributed by atoms with Crippen molar-refractivity contribution < 1.29 is 14.3 Å². The number of hydrogen-bond donors (Lipinski definition) is 1. The Hall–Kier alpha value is -1.50. The number of ether oxygens (including phenoxy) is 1. The van der Waals surface area contributed by atoms with E-state index in [9.17, 15) is 9.59 Å². The molecule has 1 aromatic rings. The minimum absolute atomic E-state index is 0.0532. The van der Waals surface area contributed by atoms with Crippen molar-refractivity contribution in [2.24, 2.45) is 0 Å². The van der Waals surface area contributed by atoms with Gasteiger partial charge in [-0.15, -0.1) is 11.8 Å². The van der Waals surface area contributed by atoms with Gasteiger partial charge in [0.1, 0.15) is 6.54 Å². The van der Waals surface area contributed by atoms with Gasteiger partial charge in [-0.1, -0.05) is 36.6 Å². The van der Waals surface area contributed by atoms with E-state index in [4.69, 9.17) is 16.3 Å². The van der Waals surface area contributed by atoms with E-state index in [1.54, 1.807) is 16.7 Å². The summed E-state index contributed by atoms with van der Waals surface area (Å²) in [5.41, 5.74) is 0.905. The zero-order chi connectivity index (χ0) is 20.6. The minimum atomic E-state index is -0.104. The van der Waals surface area contributed by atoms with Gasteiger partial charge < -0.3 is 15.0 Å². The normalized spacial score (nSPS) is 23.2. The summed E-state index contributed by atoms with van der Waals surface area (Å²) in [5.74, 6) is -0.157. The lowest BCUT2D eigenvalue weighted by Crippen LogP contribution is -2.54. The van der Waals surface area contributed by atoms with Crippen LogP contribution in [-0.4, -0.2) is 54.3 Å². The first-order valence-electron chi connectivity index (χ1n) is 10.4. The Kier molecular flexibility index (Phi) is 8.45. The molecule has 1 N–H and O–H groups in total. The van der Waals surface area contributed by atoms with Crippen LogP contribution in [0.1, 0.15) is 44.6 Å². The Morgan fingerprint density at radius 3 is 3.00 bits per heavy atom. The third kappa shape index (κ3) is 6.24. The summed E-state index contributed by atoms with van der Waals surface area (Å²) in [7, 11) is 0. The van der Waals surface area contributed by atoms with Crippen molar-refractivity contribution >= 4 is 41.3 Å². The highest BCUT2D eigenvalue weighted by molar-refractivity contribution is 8.04. The Labute approximate surface area is 182 Å². The fourth-order valence-electron chi connectivity index (χ4n) is 3.87. The molecule has 1 saturated heterocycles. The Balaban J connectivity index is 1.69. The predicted octanol–water partition coefficient (Wildman–Crippen LogP) is 4.11. The second-order valence-corrected chi connectivity index (χ2v) is 9.12. The average Bonchev–Trinajstić information content (AvgIpc) is 2.71. The number of halogens is 1. The van der Waals surface area contributed by atoms with Crippen molar-refractivity contribution in [2.45, 2.75) is 50.3 Å². The highest BCUT2D eigenvalue weighted by Crippen LogP contribution is 2.42. The molecule has 0 spiro atoms. The number of carbonyl (C=O) groups is 2. The van der Waals surface area contributed by atoms with Crippen LogP contribution in [0.2, 0.25) is 5.02 Å². The molecule has 2 unspecified atom stereocenters. The molecule has 7 heteroatoms. The summed E-state index contributed by atoms with van der Waals surface area (Å²) in [6.45, 7) is 3.94. The van der Waals surface area contributed by atoms with Crippen molar-refractivity contribution in [2.75, 3.05) is 26.3 Å². The first-order chi connectivity index (χ1) is 14.1. The minimum Gasteiger partial charge on any atom is -0.382 e. The summed E-state index contributed by atoms with van der Waals surface area (Å²) in [6.07, 6.45) is 6.98. The molecule has 1 aliphatic carbocycles. The van der Waals surface area contributed by atoms with E-state index in [-0.39, 0.29) is 24.4 Å². The van der Waals surface area contributed by atoms with Crippen molar-refractivity contribution in [3.63, 3.8) is 0 Å². The maximum absolute atomic E-state index is 13.2. The van der Waals surface area contributed by atoms with E-state index in [0.29, 0.717) is 34.9 Å². The van der Waals surface area contributed by atoms with E-state index < -0.39 is 0 Å². The molecule has 2 aliphatic rings. The molecule has 1 heterocycles. The molecule has 0 aromatic heterocycles. The smallest absolute Gasteiger partial charge is 0.261 e. The zero-order valence-corrected chi connectivity index (χ0v) is 18.4. The average molecular weight is 437 g/mol. The number of rotatable bonds is 8. The van der Waals surface area contributed by atoms with Crippen LogP contribution >= 0.6 is 23.4 Å². The van der Waals surface area contributed by atoms with Crippen molar-refractivity contribution in [1.29, 1.82) is 0 Å². The second kappa shape index (κ2) is 11.0. The van der Waals surface area contributed by atoms with Gasteiger partial charge in [0.15, 0.2) is 0 Å². The Bertz CT molecular complexity index is 755. The van der Waals surface area contributed by atoms with Crippen LogP contribution in [-0.2, 0) is 14.3 Å². The molecule has 29 heavy (non-hydrogen) atoms. The summed E-state index contributed by atoms with van der Waals surface area (Å²) >= 11 is 7.75. The van der Waals surface area contributed by atoms with Crippen molar-refractivity contribution in [3.05, 3.63) is 39.8 Å². The monoisotopic (exact) mass is 436 g/mol. The molecule has 1 aliphatic heterocycles. The van der Waals surface area contributed by atoms with Gasteiger partial charge in [0.25, 0.3) is 5.91 Å².